The van der Waals surface area contributed by atoms with Gasteiger partial charge >= 0.3 is 5.97 Å². The summed E-state index contributed by atoms with van der Waals surface area (Å²) < 4.78 is 4.86. The predicted octanol–water partition coefficient (Wildman–Crippen LogP) is 5.60. The fourth-order valence-corrected chi connectivity index (χ4v) is 8.87. The van der Waals surface area contributed by atoms with Gasteiger partial charge in [0.1, 0.15) is 0 Å². The lowest BCUT2D eigenvalue weighted by Crippen LogP contribution is -2.58. The van der Waals surface area contributed by atoms with Crippen molar-refractivity contribution in [2.24, 2.45) is 46.3 Å². The molecule has 0 saturated heterocycles. The molecule has 0 spiro atoms. The summed E-state index contributed by atoms with van der Waals surface area (Å²) >= 11 is 0. The largest absolute Gasteiger partial charge is 0.469 e. The lowest BCUT2D eigenvalue weighted by atomic mass is 9.44. The number of carbonyl (C=O) groups is 1. The highest BCUT2D eigenvalue weighted by Crippen LogP contribution is 2.68. The normalized spacial score (nSPS) is 48.9. The Morgan fingerprint density at radius 3 is 2.64 bits per heavy atom. The Bertz CT molecular complexity index is 588. The molecule has 0 bridgehead atoms. The topological polar surface area (TPSA) is 46.5 Å². The molecule has 0 aromatic carbocycles. The molecule has 4 rings (SSSR count). The van der Waals surface area contributed by atoms with Crippen LogP contribution in [0.4, 0.5) is 0 Å². The third-order valence-corrected chi connectivity index (χ3v) is 10.5. The molecule has 3 heteroatoms. The van der Waals surface area contributed by atoms with Gasteiger partial charge in [-0.2, -0.15) is 0 Å². The van der Waals surface area contributed by atoms with Gasteiger partial charge in [0.2, 0.25) is 0 Å². The number of methoxy groups -OCH3 is 1. The van der Waals surface area contributed by atoms with Gasteiger partial charge in [0.15, 0.2) is 0 Å². The van der Waals surface area contributed by atoms with Crippen LogP contribution in [0.1, 0.15) is 91.4 Å². The number of rotatable bonds is 4. The number of aliphatic hydroxyl groups excluding tert-OH is 1. The van der Waals surface area contributed by atoms with Gasteiger partial charge in [-0.25, -0.2) is 0 Å². The zero-order valence-corrected chi connectivity index (χ0v) is 18.6. The van der Waals surface area contributed by atoms with E-state index in [1.54, 1.807) is 0 Å². The minimum atomic E-state index is -0.177. The second-order valence-corrected chi connectivity index (χ2v) is 11.3. The highest BCUT2D eigenvalue weighted by atomic mass is 16.5. The van der Waals surface area contributed by atoms with Crippen molar-refractivity contribution in [3.05, 3.63) is 0 Å². The molecule has 1 N–H and O–H groups in total. The van der Waals surface area contributed by atoms with Gasteiger partial charge in [0.05, 0.1) is 13.2 Å². The van der Waals surface area contributed by atoms with Gasteiger partial charge in [-0.1, -0.05) is 33.6 Å². The molecule has 4 aliphatic rings. The third kappa shape index (κ3) is 3.06. The van der Waals surface area contributed by atoms with E-state index in [1.807, 2.05) is 0 Å². The van der Waals surface area contributed by atoms with Gasteiger partial charge < -0.3 is 9.84 Å². The number of fused-ring (bicyclic) bond motifs is 5. The standard InChI is InChI=1S/C25H42O3/c1-16(8-13-23(27)28-4)19-11-12-20-18-10-9-17-7-5-6-14-24(17,2)21(18)15-22(26)25(19,20)3/h16-22,26H,5-15H2,1-4H3/t16-,17?,18+,19-,20+,21+,22?,24+,25-/m1/s1. The summed E-state index contributed by atoms with van der Waals surface area (Å²) in [5.74, 6) is 4.02. The molecular formula is C25H42O3. The molecule has 0 heterocycles. The van der Waals surface area contributed by atoms with E-state index in [-0.39, 0.29) is 17.5 Å². The highest BCUT2D eigenvalue weighted by molar-refractivity contribution is 5.69. The SMILES string of the molecule is COC(=O)CC[C@@H](C)[C@H]1CC[C@H]2[C@@H]3CCC4CCCC[C@]4(C)[C@H]3CC(O)[C@]12C. The minimum absolute atomic E-state index is 0.0363. The average Bonchev–Trinajstić information content (AvgIpc) is 3.05. The van der Waals surface area contributed by atoms with E-state index in [0.717, 1.165) is 30.6 Å². The van der Waals surface area contributed by atoms with Gasteiger partial charge in [0, 0.05) is 6.42 Å². The summed E-state index contributed by atoms with van der Waals surface area (Å²) in [5.41, 5.74) is 0.507. The van der Waals surface area contributed by atoms with Crippen LogP contribution in [0.3, 0.4) is 0 Å². The number of ether oxygens (including phenoxy) is 1. The second kappa shape index (κ2) is 7.60. The minimum Gasteiger partial charge on any atom is -0.469 e. The molecule has 160 valence electrons. The molecule has 0 aromatic heterocycles. The maximum absolute atomic E-state index is 11.6. The van der Waals surface area contributed by atoms with Crippen LogP contribution in [-0.2, 0) is 9.53 Å². The van der Waals surface area contributed by atoms with Crippen LogP contribution in [0, 0.1) is 46.3 Å². The molecule has 4 saturated carbocycles. The van der Waals surface area contributed by atoms with Gasteiger partial charge in [-0.3, -0.25) is 4.79 Å². The number of aliphatic hydroxyl groups is 1. The molecule has 0 amide bonds. The Balaban J connectivity index is 1.54. The zero-order valence-electron chi connectivity index (χ0n) is 18.6. The fraction of sp³-hybridized carbons (Fsp3) is 0.960. The average molecular weight is 391 g/mol. The number of esters is 1. The zero-order chi connectivity index (χ0) is 20.1. The van der Waals surface area contributed by atoms with Crippen LogP contribution in [-0.4, -0.2) is 24.3 Å². The van der Waals surface area contributed by atoms with E-state index in [4.69, 9.17) is 4.74 Å². The van der Waals surface area contributed by atoms with Crippen molar-refractivity contribution in [1.82, 2.24) is 0 Å². The predicted molar refractivity (Wildman–Crippen MR) is 112 cm³/mol. The van der Waals surface area contributed by atoms with Crippen LogP contribution >= 0.6 is 0 Å². The van der Waals surface area contributed by atoms with Crippen LogP contribution in [0.25, 0.3) is 0 Å². The molecule has 28 heavy (non-hydrogen) atoms. The molecule has 4 fully saturated rings. The van der Waals surface area contributed by atoms with Crippen LogP contribution in [0.15, 0.2) is 0 Å². The Morgan fingerprint density at radius 2 is 1.89 bits per heavy atom. The Hall–Kier alpha value is -0.570. The van der Waals surface area contributed by atoms with Crippen molar-refractivity contribution < 1.29 is 14.6 Å². The number of carbonyl (C=O) groups excluding carboxylic acids is 1. The van der Waals surface area contributed by atoms with Crippen molar-refractivity contribution >= 4 is 5.97 Å². The maximum Gasteiger partial charge on any atom is 0.305 e. The third-order valence-electron chi connectivity index (χ3n) is 10.5. The Morgan fingerprint density at radius 1 is 1.11 bits per heavy atom. The van der Waals surface area contributed by atoms with Crippen LogP contribution in [0.5, 0.6) is 0 Å². The monoisotopic (exact) mass is 390 g/mol. The van der Waals surface area contributed by atoms with E-state index >= 15 is 0 Å². The lowest BCUT2D eigenvalue weighted by molar-refractivity contribution is -0.168. The van der Waals surface area contributed by atoms with Crippen LogP contribution < -0.4 is 0 Å². The first kappa shape index (κ1) is 20.7. The quantitative estimate of drug-likeness (QED) is 0.636. The molecule has 0 radical (unpaired) electrons. The first-order valence-corrected chi connectivity index (χ1v) is 12.1. The molecule has 2 unspecified atom stereocenters. The van der Waals surface area contributed by atoms with Crippen molar-refractivity contribution in [1.29, 1.82) is 0 Å². The first-order valence-electron chi connectivity index (χ1n) is 12.1. The van der Waals surface area contributed by atoms with E-state index in [1.165, 1.54) is 58.5 Å². The molecular weight excluding hydrogens is 348 g/mol. The van der Waals surface area contributed by atoms with Gasteiger partial charge in [-0.05, 0) is 97.7 Å². The highest BCUT2D eigenvalue weighted by Gasteiger charge is 2.63. The van der Waals surface area contributed by atoms with Crippen LogP contribution in [0.2, 0.25) is 0 Å². The summed E-state index contributed by atoms with van der Waals surface area (Å²) in [4.78, 5) is 11.6. The second-order valence-electron chi connectivity index (χ2n) is 11.3. The van der Waals surface area contributed by atoms with E-state index in [0.29, 0.717) is 29.6 Å². The summed E-state index contributed by atoms with van der Waals surface area (Å²) in [6.45, 7) is 7.29. The Kier molecular flexibility index (Phi) is 5.61. The van der Waals surface area contributed by atoms with E-state index < -0.39 is 0 Å². The Labute approximate surface area is 172 Å². The summed E-state index contributed by atoms with van der Waals surface area (Å²) in [6, 6.07) is 0. The molecule has 0 aliphatic heterocycles. The van der Waals surface area contributed by atoms with E-state index in [2.05, 4.69) is 20.8 Å². The van der Waals surface area contributed by atoms with Crippen molar-refractivity contribution in [3.8, 4) is 0 Å². The molecule has 3 nitrogen and oxygen atoms in total. The molecule has 4 aliphatic carbocycles. The lowest BCUT2D eigenvalue weighted by Gasteiger charge is -2.62. The fourth-order valence-electron chi connectivity index (χ4n) is 8.87. The summed E-state index contributed by atoms with van der Waals surface area (Å²) in [5, 5.41) is 11.5. The van der Waals surface area contributed by atoms with Crippen molar-refractivity contribution in [2.45, 2.75) is 97.5 Å². The van der Waals surface area contributed by atoms with E-state index in [9.17, 15) is 9.90 Å². The van der Waals surface area contributed by atoms with Crippen molar-refractivity contribution in [3.63, 3.8) is 0 Å². The van der Waals surface area contributed by atoms with Gasteiger partial charge in [0.25, 0.3) is 0 Å². The maximum atomic E-state index is 11.6. The first-order chi connectivity index (χ1) is 13.3. The van der Waals surface area contributed by atoms with Crippen molar-refractivity contribution in [2.75, 3.05) is 7.11 Å². The number of hydrogen-bond acceptors (Lipinski definition) is 3. The number of hydrogen-bond donors (Lipinski definition) is 1. The summed E-state index contributed by atoms with van der Waals surface area (Å²) in [7, 11) is 1.48. The smallest absolute Gasteiger partial charge is 0.305 e. The molecule has 0 aromatic rings. The van der Waals surface area contributed by atoms with Gasteiger partial charge in [-0.15, -0.1) is 0 Å². The molecule has 9 atom stereocenters. The summed E-state index contributed by atoms with van der Waals surface area (Å²) in [6.07, 6.45) is 13.2.